The first kappa shape index (κ1) is 30.8. The second kappa shape index (κ2) is 12.4. The number of nitrogens with one attached hydrogen (secondary N) is 1. The lowest BCUT2D eigenvalue weighted by molar-refractivity contribution is -0.437. The number of rotatable bonds is 7. The third kappa shape index (κ3) is 5.53. The van der Waals surface area contributed by atoms with E-state index in [4.69, 9.17) is 11.6 Å². The number of hydrogen-bond donors (Lipinski definition) is 1. The first-order chi connectivity index (χ1) is 18.7. The predicted molar refractivity (Wildman–Crippen MR) is 169 cm³/mol. The van der Waals surface area contributed by atoms with Crippen LogP contribution in [-0.2, 0) is 10.8 Å². The summed E-state index contributed by atoms with van der Waals surface area (Å²) in [5.41, 5.74) is 11.9. The molecule has 40 heavy (non-hydrogen) atoms. The maximum absolute atomic E-state index is 7.27. The third-order valence-corrected chi connectivity index (χ3v) is 9.35. The standard InChI is InChI=1S/C36H43ClN2.HI/c1-7-14-26(24-32-35(3,4)28-17-9-11-19-30(28)38-32)27-16-13-15-25(34(27)37)21-22-33-36(5,6)29-18-10-12-20-31(29)39(33)23-8-2;/h9-12,17-22,24H,7-8,13-16,23H2,1-6H3;1H. The van der Waals surface area contributed by atoms with E-state index in [1.165, 1.54) is 50.6 Å². The van der Waals surface area contributed by atoms with Crippen LogP contribution < -0.4 is 29.3 Å². The molecule has 1 N–H and O–H groups in total. The highest BCUT2D eigenvalue weighted by Gasteiger charge is 2.43. The molecule has 0 atom stereocenters. The predicted octanol–water partition coefficient (Wildman–Crippen LogP) is 7.09. The number of allylic oxidation sites excluding steroid dienone is 8. The van der Waals surface area contributed by atoms with E-state index in [-0.39, 0.29) is 34.8 Å². The summed E-state index contributed by atoms with van der Waals surface area (Å²) in [6.45, 7) is 14.9. The van der Waals surface area contributed by atoms with E-state index in [1.807, 2.05) is 0 Å². The van der Waals surface area contributed by atoms with Crippen molar-refractivity contribution in [3.8, 4) is 0 Å². The van der Waals surface area contributed by atoms with E-state index in [2.05, 4.69) is 118 Å². The third-order valence-electron chi connectivity index (χ3n) is 8.88. The first-order valence-corrected chi connectivity index (χ1v) is 15.2. The smallest absolute Gasteiger partial charge is 0.209 e. The molecule has 1 aliphatic carbocycles. The van der Waals surface area contributed by atoms with Crippen molar-refractivity contribution in [2.24, 2.45) is 0 Å². The second-order valence-corrected chi connectivity index (χ2v) is 12.7. The van der Waals surface area contributed by atoms with Gasteiger partial charge in [-0.05, 0) is 74.0 Å². The molecule has 2 nitrogen and oxygen atoms in total. The van der Waals surface area contributed by atoms with Crippen LogP contribution in [0.3, 0.4) is 0 Å². The summed E-state index contributed by atoms with van der Waals surface area (Å²) in [5.74, 6) is 0. The van der Waals surface area contributed by atoms with Gasteiger partial charge in [-0.1, -0.05) is 88.2 Å². The van der Waals surface area contributed by atoms with Crippen molar-refractivity contribution in [1.82, 2.24) is 0 Å². The number of fused-ring (bicyclic) bond motifs is 2. The Morgan fingerprint density at radius 1 is 0.900 bits per heavy atom. The quantitative estimate of drug-likeness (QED) is 0.246. The molecule has 0 spiro atoms. The molecule has 5 rings (SSSR count). The molecule has 4 heteroatoms. The minimum atomic E-state index is -0.0494. The van der Waals surface area contributed by atoms with Crippen LogP contribution in [0.2, 0.25) is 0 Å². The summed E-state index contributed by atoms with van der Waals surface area (Å²) in [5, 5.41) is 4.68. The van der Waals surface area contributed by atoms with Crippen molar-refractivity contribution in [3.63, 3.8) is 0 Å². The lowest BCUT2D eigenvalue weighted by atomic mass is 9.81. The van der Waals surface area contributed by atoms with Gasteiger partial charge in [0, 0.05) is 46.0 Å². The largest absolute Gasteiger partial charge is 1.00 e. The fourth-order valence-electron chi connectivity index (χ4n) is 6.67. The summed E-state index contributed by atoms with van der Waals surface area (Å²) >= 11 is 7.27. The Kier molecular flexibility index (Phi) is 9.56. The molecule has 0 amide bonds. The molecular formula is C36H44ClIN2. The monoisotopic (exact) mass is 666 g/mol. The molecule has 0 aromatic heterocycles. The highest BCUT2D eigenvalue weighted by molar-refractivity contribution is 6.32. The average molecular weight is 667 g/mol. The number of halogens is 2. The molecule has 2 aliphatic heterocycles. The molecule has 2 aromatic carbocycles. The topological polar surface area (TPSA) is 15.0 Å². The number of para-hydroxylation sites is 2. The number of nitrogens with zero attached hydrogens (tertiary/aromatic N) is 1. The Labute approximate surface area is 264 Å². The Balaban J connectivity index is 0.00000370. The minimum Gasteiger partial charge on any atom is -1.00 e. The van der Waals surface area contributed by atoms with Crippen LogP contribution >= 0.6 is 11.6 Å². The van der Waals surface area contributed by atoms with Gasteiger partial charge >= 0.3 is 0 Å². The Hall–Kier alpha value is -2.11. The molecule has 0 fully saturated rings. The summed E-state index contributed by atoms with van der Waals surface area (Å²) < 4.78 is 2.51. The van der Waals surface area contributed by atoms with Crippen LogP contribution in [-0.4, -0.2) is 16.8 Å². The van der Waals surface area contributed by atoms with Crippen LogP contribution in [0.15, 0.2) is 94.2 Å². The van der Waals surface area contributed by atoms with E-state index >= 15 is 0 Å². The maximum atomic E-state index is 7.27. The Bertz CT molecular complexity index is 1430. The highest BCUT2D eigenvalue weighted by Crippen LogP contribution is 2.45. The highest BCUT2D eigenvalue weighted by atomic mass is 127. The van der Waals surface area contributed by atoms with Gasteiger partial charge in [0.05, 0.1) is 5.41 Å². The Morgan fingerprint density at radius 3 is 2.30 bits per heavy atom. The summed E-state index contributed by atoms with van der Waals surface area (Å²) in [4.78, 5) is 0. The van der Waals surface area contributed by atoms with Gasteiger partial charge in [-0.2, -0.15) is 4.58 Å². The lowest BCUT2D eigenvalue weighted by Crippen LogP contribution is -3.00. The summed E-state index contributed by atoms with van der Waals surface area (Å²) in [7, 11) is 0. The molecule has 3 aliphatic rings. The molecule has 212 valence electrons. The zero-order valence-corrected chi connectivity index (χ0v) is 27.9. The van der Waals surface area contributed by atoms with Crippen LogP contribution in [0.4, 0.5) is 11.4 Å². The van der Waals surface area contributed by atoms with E-state index in [9.17, 15) is 0 Å². The van der Waals surface area contributed by atoms with Gasteiger partial charge in [-0.3, -0.25) is 0 Å². The SMILES string of the molecule is CCCC(C=C1Nc2ccccc2C1(C)C)=C1CCCC(C=CC2=[N+](CCC)c3ccccc3C2(C)C)=C1Cl.[I-]. The second-order valence-electron chi connectivity index (χ2n) is 12.3. The fourth-order valence-corrected chi connectivity index (χ4v) is 7.04. The van der Waals surface area contributed by atoms with Gasteiger partial charge in [0.25, 0.3) is 0 Å². The fraction of sp³-hybridized carbons (Fsp3) is 0.417. The molecule has 2 heterocycles. The Morgan fingerprint density at radius 2 is 1.60 bits per heavy atom. The molecule has 0 bridgehead atoms. The number of benzene rings is 2. The van der Waals surface area contributed by atoms with Crippen molar-refractivity contribution in [2.75, 3.05) is 11.9 Å². The number of hydrogen-bond acceptors (Lipinski definition) is 1. The van der Waals surface area contributed by atoms with Gasteiger partial charge in [0.1, 0.15) is 6.54 Å². The van der Waals surface area contributed by atoms with E-state index in [1.54, 1.807) is 0 Å². The van der Waals surface area contributed by atoms with Crippen LogP contribution in [0, 0.1) is 0 Å². The summed E-state index contributed by atoms with van der Waals surface area (Å²) in [6.07, 6.45) is 13.5. The zero-order valence-electron chi connectivity index (χ0n) is 25.0. The normalized spacial score (nSPS) is 21.4. The maximum Gasteiger partial charge on any atom is 0.209 e. The van der Waals surface area contributed by atoms with Crippen molar-refractivity contribution in [2.45, 2.75) is 90.9 Å². The minimum absolute atomic E-state index is 0. The molecule has 0 saturated heterocycles. The molecular weight excluding hydrogens is 623 g/mol. The number of anilines is 1. The van der Waals surface area contributed by atoms with Crippen molar-refractivity contribution in [3.05, 3.63) is 105 Å². The zero-order chi connectivity index (χ0) is 27.8. The van der Waals surface area contributed by atoms with Gasteiger partial charge in [0.2, 0.25) is 5.69 Å². The van der Waals surface area contributed by atoms with Gasteiger partial charge in [-0.25, -0.2) is 0 Å². The van der Waals surface area contributed by atoms with Gasteiger partial charge in [-0.15, -0.1) is 0 Å². The van der Waals surface area contributed by atoms with Crippen LogP contribution in [0.5, 0.6) is 0 Å². The van der Waals surface area contributed by atoms with Gasteiger partial charge < -0.3 is 29.3 Å². The molecule has 0 radical (unpaired) electrons. The molecule has 0 saturated carbocycles. The summed E-state index contributed by atoms with van der Waals surface area (Å²) in [6, 6.07) is 17.6. The first-order valence-electron chi connectivity index (χ1n) is 14.8. The molecule has 2 aromatic rings. The van der Waals surface area contributed by atoms with Crippen LogP contribution in [0.25, 0.3) is 0 Å². The molecule has 0 unspecified atom stereocenters. The van der Waals surface area contributed by atoms with Crippen molar-refractivity contribution in [1.29, 1.82) is 0 Å². The van der Waals surface area contributed by atoms with Gasteiger partial charge in [0.15, 0.2) is 5.71 Å². The average Bonchev–Trinajstić information content (AvgIpc) is 3.30. The van der Waals surface area contributed by atoms with E-state index < -0.39 is 0 Å². The van der Waals surface area contributed by atoms with E-state index in [0.717, 1.165) is 50.1 Å². The van der Waals surface area contributed by atoms with Crippen molar-refractivity contribution >= 4 is 28.7 Å². The lowest BCUT2D eigenvalue weighted by Gasteiger charge is -2.24. The van der Waals surface area contributed by atoms with Crippen molar-refractivity contribution < 1.29 is 28.6 Å². The van der Waals surface area contributed by atoms with E-state index in [0.29, 0.717) is 0 Å². The van der Waals surface area contributed by atoms with Crippen LogP contribution in [0.1, 0.15) is 91.2 Å².